The molecule has 27 heavy (non-hydrogen) atoms. The lowest BCUT2D eigenvalue weighted by Crippen LogP contribution is -2.42. The fourth-order valence-corrected chi connectivity index (χ4v) is 3.00. The van der Waals surface area contributed by atoms with Crippen LogP contribution in [0.2, 0.25) is 0 Å². The van der Waals surface area contributed by atoms with Crippen LogP contribution >= 0.6 is 0 Å². The van der Waals surface area contributed by atoms with Gasteiger partial charge < -0.3 is 19.0 Å². The molecular weight excluding hydrogens is 348 g/mol. The number of furan rings is 1. The van der Waals surface area contributed by atoms with Crippen molar-refractivity contribution in [3.63, 3.8) is 0 Å². The number of aliphatic hydroxyl groups is 1. The molecular formula is C21H28O6. The smallest absolute Gasteiger partial charge is 0.334 e. The maximum Gasteiger partial charge on any atom is 0.334 e. The van der Waals surface area contributed by atoms with E-state index < -0.39 is 17.7 Å². The molecule has 0 aromatic carbocycles. The quantitative estimate of drug-likeness (QED) is 0.552. The number of hydrogen-bond donors (Lipinski definition) is 1. The summed E-state index contributed by atoms with van der Waals surface area (Å²) in [6.45, 7) is 3.27. The topological polar surface area (TPSA) is 86.0 Å². The lowest BCUT2D eigenvalue weighted by Gasteiger charge is -2.32. The fourth-order valence-electron chi connectivity index (χ4n) is 3.00. The van der Waals surface area contributed by atoms with Gasteiger partial charge in [0, 0.05) is 11.1 Å². The summed E-state index contributed by atoms with van der Waals surface area (Å²) in [7, 11) is 1.36. The molecule has 0 amide bonds. The van der Waals surface area contributed by atoms with E-state index in [1.54, 1.807) is 26.4 Å². The van der Waals surface area contributed by atoms with Gasteiger partial charge >= 0.3 is 11.9 Å². The highest BCUT2D eigenvalue weighted by molar-refractivity contribution is 5.90. The number of cyclic esters (lactones) is 1. The molecule has 1 N–H and O–H groups in total. The number of carbonyl (C=O) groups excluding carboxylic acids is 2. The highest BCUT2D eigenvalue weighted by Gasteiger charge is 2.34. The van der Waals surface area contributed by atoms with Crippen molar-refractivity contribution in [3.8, 4) is 0 Å². The summed E-state index contributed by atoms with van der Waals surface area (Å²) in [4.78, 5) is 24.1. The first-order valence-corrected chi connectivity index (χ1v) is 9.22. The molecule has 148 valence electrons. The monoisotopic (exact) mass is 376 g/mol. The van der Waals surface area contributed by atoms with Gasteiger partial charge in [-0.2, -0.15) is 0 Å². The second kappa shape index (κ2) is 9.55. The Hall–Kier alpha value is -2.34. The van der Waals surface area contributed by atoms with Crippen LogP contribution in [0.3, 0.4) is 0 Å². The summed E-state index contributed by atoms with van der Waals surface area (Å²) in [6, 6.07) is 1.89. The number of rotatable bonds is 8. The van der Waals surface area contributed by atoms with Gasteiger partial charge in [-0.05, 0) is 64.0 Å². The van der Waals surface area contributed by atoms with E-state index >= 15 is 0 Å². The van der Waals surface area contributed by atoms with E-state index in [1.165, 1.54) is 7.11 Å². The molecule has 1 aromatic heterocycles. The molecule has 1 fully saturated rings. The number of allylic oxidation sites excluding steroid dienone is 2. The second-order valence-corrected chi connectivity index (χ2v) is 7.25. The van der Waals surface area contributed by atoms with Crippen molar-refractivity contribution in [1.29, 1.82) is 0 Å². The van der Waals surface area contributed by atoms with E-state index in [9.17, 15) is 14.7 Å². The summed E-state index contributed by atoms with van der Waals surface area (Å²) >= 11 is 0. The fraction of sp³-hybridized carbons (Fsp3) is 0.524. The minimum Gasteiger partial charge on any atom is -0.472 e. The highest BCUT2D eigenvalue weighted by Crippen LogP contribution is 2.27. The van der Waals surface area contributed by atoms with Gasteiger partial charge in [-0.25, -0.2) is 9.59 Å². The maximum atomic E-state index is 12.1. The van der Waals surface area contributed by atoms with E-state index in [0.29, 0.717) is 43.3 Å². The highest BCUT2D eigenvalue weighted by atomic mass is 16.6. The number of hydrogen-bond acceptors (Lipinski definition) is 6. The molecule has 1 atom stereocenters. The molecule has 0 bridgehead atoms. The van der Waals surface area contributed by atoms with Gasteiger partial charge in [-0.3, -0.25) is 0 Å². The van der Waals surface area contributed by atoms with Crippen molar-refractivity contribution in [2.24, 2.45) is 0 Å². The van der Waals surface area contributed by atoms with Gasteiger partial charge in [0.05, 0.1) is 25.2 Å². The van der Waals surface area contributed by atoms with E-state index in [-0.39, 0.29) is 5.97 Å². The maximum absolute atomic E-state index is 12.1. The Morgan fingerprint density at radius 2 is 2.19 bits per heavy atom. The van der Waals surface area contributed by atoms with Crippen LogP contribution in [0.1, 0.15) is 51.5 Å². The van der Waals surface area contributed by atoms with Gasteiger partial charge in [0.2, 0.25) is 0 Å². The van der Waals surface area contributed by atoms with Gasteiger partial charge in [-0.1, -0.05) is 12.2 Å². The second-order valence-electron chi connectivity index (χ2n) is 7.25. The average molecular weight is 376 g/mol. The van der Waals surface area contributed by atoms with Crippen LogP contribution in [0.5, 0.6) is 0 Å². The van der Waals surface area contributed by atoms with Crippen LogP contribution in [0.25, 0.3) is 0 Å². The van der Waals surface area contributed by atoms with Gasteiger partial charge in [0.15, 0.2) is 0 Å². The molecule has 1 saturated heterocycles. The van der Waals surface area contributed by atoms with Gasteiger partial charge in [0.1, 0.15) is 6.10 Å². The molecule has 0 radical (unpaired) electrons. The Morgan fingerprint density at radius 3 is 2.78 bits per heavy atom. The summed E-state index contributed by atoms with van der Waals surface area (Å²) in [5, 5.41) is 9.97. The van der Waals surface area contributed by atoms with Crippen molar-refractivity contribution in [2.75, 3.05) is 7.11 Å². The minimum atomic E-state index is -1.04. The Morgan fingerprint density at radius 1 is 1.41 bits per heavy atom. The van der Waals surface area contributed by atoms with Crippen molar-refractivity contribution < 1.29 is 28.6 Å². The third-order valence-electron chi connectivity index (χ3n) is 4.63. The van der Waals surface area contributed by atoms with Crippen molar-refractivity contribution in [2.45, 2.75) is 64.1 Å². The third kappa shape index (κ3) is 6.40. The Balaban J connectivity index is 1.90. The Bertz CT molecular complexity index is 691. The summed E-state index contributed by atoms with van der Waals surface area (Å²) in [5.41, 5.74) is 1.22. The number of carbonyl (C=O) groups is 2. The van der Waals surface area contributed by atoms with Gasteiger partial charge in [0.25, 0.3) is 0 Å². The molecule has 0 spiro atoms. The summed E-state index contributed by atoms with van der Waals surface area (Å²) < 4.78 is 15.2. The van der Waals surface area contributed by atoms with E-state index in [2.05, 4.69) is 0 Å². The van der Waals surface area contributed by atoms with E-state index in [4.69, 9.17) is 13.9 Å². The number of esters is 2. The number of methoxy groups -OCH3 is 1. The standard InChI is InChI=1S/C21H28O6/c1-21(2,24)18-11-10-17(20(23)27-18)9-5-8-16(19(22)25-3)7-4-6-15-12-13-26-14-15/h7,9,12-14,18,24H,4-6,8,10-11H2,1-3H3/b16-7+,17-9+/t18-/m1/s1. The summed E-state index contributed by atoms with van der Waals surface area (Å²) in [6.07, 6.45) is 10.2. The zero-order valence-corrected chi connectivity index (χ0v) is 16.2. The van der Waals surface area contributed by atoms with Crippen LogP contribution in [-0.4, -0.2) is 35.9 Å². The molecule has 1 aromatic rings. The predicted octanol–water partition coefficient (Wildman–Crippen LogP) is 3.49. The van der Waals surface area contributed by atoms with Gasteiger partial charge in [-0.15, -0.1) is 0 Å². The predicted molar refractivity (Wildman–Crippen MR) is 99.9 cm³/mol. The van der Waals surface area contributed by atoms with Crippen LogP contribution in [0.4, 0.5) is 0 Å². The molecule has 2 rings (SSSR count). The average Bonchev–Trinajstić information content (AvgIpc) is 3.13. The largest absolute Gasteiger partial charge is 0.472 e. The number of ether oxygens (including phenoxy) is 2. The molecule has 6 heteroatoms. The summed E-state index contributed by atoms with van der Waals surface area (Å²) in [5.74, 6) is -0.745. The zero-order chi connectivity index (χ0) is 19.9. The minimum absolute atomic E-state index is 0.353. The van der Waals surface area contributed by atoms with Crippen LogP contribution in [0, 0.1) is 0 Å². The van der Waals surface area contributed by atoms with Crippen LogP contribution < -0.4 is 0 Å². The molecule has 0 saturated carbocycles. The van der Waals surface area contributed by atoms with Crippen molar-refractivity contribution in [1.82, 2.24) is 0 Å². The van der Waals surface area contributed by atoms with Crippen LogP contribution in [0.15, 0.2) is 46.3 Å². The van der Waals surface area contributed by atoms with E-state index in [0.717, 1.165) is 12.0 Å². The Labute approximate surface area is 159 Å². The molecule has 0 aliphatic carbocycles. The lowest BCUT2D eigenvalue weighted by molar-refractivity contribution is -0.162. The lowest BCUT2D eigenvalue weighted by atomic mass is 9.92. The first-order valence-electron chi connectivity index (χ1n) is 9.22. The van der Waals surface area contributed by atoms with Crippen molar-refractivity contribution >= 4 is 11.9 Å². The number of aryl methyl sites for hydroxylation is 1. The third-order valence-corrected chi connectivity index (χ3v) is 4.63. The van der Waals surface area contributed by atoms with Crippen LogP contribution in [-0.2, 0) is 25.5 Å². The van der Waals surface area contributed by atoms with Crippen molar-refractivity contribution in [3.05, 3.63) is 47.5 Å². The SMILES string of the molecule is COC(=O)/C(=C/CCc1ccoc1)CC/C=C1\CC[C@H](C(C)(C)O)OC1=O. The first-order chi connectivity index (χ1) is 12.8. The molecule has 0 unspecified atom stereocenters. The first kappa shape index (κ1) is 21.0. The molecule has 1 aliphatic rings. The van der Waals surface area contributed by atoms with E-state index in [1.807, 2.05) is 18.2 Å². The normalized spacial score (nSPS) is 19.9. The molecule has 6 nitrogen and oxygen atoms in total. The zero-order valence-electron chi connectivity index (χ0n) is 16.2. The Kier molecular flexibility index (Phi) is 7.42. The molecule has 1 aliphatic heterocycles. The molecule has 2 heterocycles.